The normalized spacial score (nSPS) is 22.2. The van der Waals surface area contributed by atoms with E-state index in [-0.39, 0.29) is 24.7 Å². The van der Waals surface area contributed by atoms with Gasteiger partial charge in [0.25, 0.3) is 0 Å². The summed E-state index contributed by atoms with van der Waals surface area (Å²) in [7, 11) is 0. The monoisotopic (exact) mass is 298 g/mol. The van der Waals surface area contributed by atoms with Crippen molar-refractivity contribution in [2.75, 3.05) is 39.4 Å². The van der Waals surface area contributed by atoms with E-state index >= 15 is 0 Å². The maximum Gasteiger partial charge on any atom is 0.223 e. The van der Waals surface area contributed by atoms with Gasteiger partial charge in [-0.2, -0.15) is 0 Å². The number of hydrogen-bond acceptors (Lipinski definition) is 4. The highest BCUT2D eigenvalue weighted by Gasteiger charge is 2.32. The highest BCUT2D eigenvalue weighted by molar-refractivity contribution is 5.84. The van der Waals surface area contributed by atoms with Crippen molar-refractivity contribution in [3.05, 3.63) is 0 Å². The Labute approximate surface area is 126 Å². The van der Waals surface area contributed by atoms with Crippen molar-refractivity contribution < 1.29 is 19.4 Å². The van der Waals surface area contributed by atoms with Crippen LogP contribution in [0.3, 0.4) is 0 Å². The molecule has 0 aromatic heterocycles. The first-order valence-corrected chi connectivity index (χ1v) is 7.90. The lowest BCUT2D eigenvalue weighted by atomic mass is 9.89. The molecule has 2 heterocycles. The lowest BCUT2D eigenvalue weighted by Gasteiger charge is -2.37. The molecule has 0 bridgehead atoms. The largest absolute Gasteiger partial charge is 0.390 e. The van der Waals surface area contributed by atoms with Crippen LogP contribution in [-0.2, 0) is 14.3 Å². The summed E-state index contributed by atoms with van der Waals surface area (Å²) in [6.45, 7) is 5.58. The Morgan fingerprint density at radius 3 is 1.95 bits per heavy atom. The fraction of sp³-hybridized carbons (Fsp3) is 0.867. The molecule has 2 fully saturated rings. The Kier molecular flexibility index (Phi) is 5.58. The molecule has 0 aliphatic carbocycles. The van der Waals surface area contributed by atoms with Crippen molar-refractivity contribution in [2.45, 2.75) is 44.6 Å². The zero-order chi connectivity index (χ0) is 15.3. The lowest BCUT2D eigenvalue weighted by molar-refractivity contribution is -0.141. The molecular weight excluding hydrogens is 272 g/mol. The summed E-state index contributed by atoms with van der Waals surface area (Å²) in [5.74, 6) is 0.0588. The summed E-state index contributed by atoms with van der Waals surface area (Å²) in [6, 6.07) is 0. The van der Waals surface area contributed by atoms with Crippen LogP contribution in [-0.4, -0.2) is 71.7 Å². The van der Waals surface area contributed by atoms with Crippen molar-refractivity contribution in [1.82, 2.24) is 9.80 Å². The highest BCUT2D eigenvalue weighted by atomic mass is 16.5. The van der Waals surface area contributed by atoms with Crippen molar-refractivity contribution in [3.63, 3.8) is 0 Å². The molecule has 1 N–H and O–H groups in total. The van der Waals surface area contributed by atoms with Gasteiger partial charge in [-0.25, -0.2) is 0 Å². The molecule has 2 saturated heterocycles. The van der Waals surface area contributed by atoms with E-state index in [1.54, 1.807) is 9.80 Å². The second-order valence-electron chi connectivity index (χ2n) is 5.95. The first kappa shape index (κ1) is 16.2. The van der Waals surface area contributed by atoms with Crippen LogP contribution in [0.2, 0.25) is 0 Å². The van der Waals surface area contributed by atoms with E-state index in [1.807, 2.05) is 6.92 Å². The van der Waals surface area contributed by atoms with E-state index in [1.165, 1.54) is 0 Å². The number of hydrogen-bond donors (Lipinski definition) is 1. The number of likely N-dealkylation sites (tertiary alicyclic amines) is 1. The Balaban J connectivity index is 1.71. The second-order valence-corrected chi connectivity index (χ2v) is 5.95. The van der Waals surface area contributed by atoms with Gasteiger partial charge in [-0.05, 0) is 19.3 Å². The molecule has 2 rings (SSSR count). The van der Waals surface area contributed by atoms with E-state index in [2.05, 4.69) is 0 Å². The topological polar surface area (TPSA) is 70.1 Å². The van der Waals surface area contributed by atoms with Crippen LogP contribution in [0, 0.1) is 0 Å². The number of nitrogens with zero attached hydrogens (tertiary/aromatic N) is 2. The lowest BCUT2D eigenvalue weighted by Crippen LogP contribution is -2.46. The molecule has 120 valence electrons. The molecule has 0 saturated carbocycles. The van der Waals surface area contributed by atoms with Gasteiger partial charge >= 0.3 is 0 Å². The summed E-state index contributed by atoms with van der Waals surface area (Å²) < 4.78 is 5.21. The molecule has 0 aromatic carbocycles. The molecule has 6 heteroatoms. The van der Waals surface area contributed by atoms with E-state index in [0.717, 1.165) is 6.42 Å². The second kappa shape index (κ2) is 7.22. The number of aliphatic hydroxyl groups is 1. The number of rotatable bonds is 4. The maximum atomic E-state index is 12.1. The number of carbonyl (C=O) groups excluding carboxylic acids is 2. The third-order valence-corrected chi connectivity index (χ3v) is 4.62. The summed E-state index contributed by atoms with van der Waals surface area (Å²) in [5.41, 5.74) is -0.611. The van der Waals surface area contributed by atoms with E-state index in [0.29, 0.717) is 52.2 Å². The van der Waals surface area contributed by atoms with Crippen LogP contribution in [0.5, 0.6) is 0 Å². The van der Waals surface area contributed by atoms with Crippen molar-refractivity contribution in [1.29, 1.82) is 0 Å². The van der Waals surface area contributed by atoms with Gasteiger partial charge in [0.05, 0.1) is 18.8 Å². The number of ether oxygens (including phenoxy) is 1. The SMILES string of the molecule is CCC1(O)CCN(C(=O)CCC(=O)N2CCOCC2)CC1. The number of piperidine rings is 1. The van der Waals surface area contributed by atoms with Crippen LogP contribution >= 0.6 is 0 Å². The van der Waals surface area contributed by atoms with Crippen LogP contribution in [0.25, 0.3) is 0 Å². The smallest absolute Gasteiger partial charge is 0.223 e. The first-order chi connectivity index (χ1) is 10.0. The predicted octanol–water partition coefficient (Wildman–Crippen LogP) is 0.389. The summed E-state index contributed by atoms with van der Waals surface area (Å²) in [5, 5.41) is 10.2. The van der Waals surface area contributed by atoms with Crippen LogP contribution < -0.4 is 0 Å². The minimum atomic E-state index is -0.611. The summed E-state index contributed by atoms with van der Waals surface area (Å²) in [4.78, 5) is 27.7. The quantitative estimate of drug-likeness (QED) is 0.815. The van der Waals surface area contributed by atoms with Crippen LogP contribution in [0.1, 0.15) is 39.0 Å². The number of morpholine rings is 1. The Morgan fingerprint density at radius 2 is 1.48 bits per heavy atom. The minimum absolute atomic E-state index is 0.0229. The van der Waals surface area contributed by atoms with Gasteiger partial charge in [-0.15, -0.1) is 0 Å². The van der Waals surface area contributed by atoms with Gasteiger partial charge in [0.2, 0.25) is 11.8 Å². The van der Waals surface area contributed by atoms with E-state index < -0.39 is 5.60 Å². The molecule has 0 unspecified atom stereocenters. The molecule has 6 nitrogen and oxygen atoms in total. The molecule has 0 atom stereocenters. The fourth-order valence-corrected chi connectivity index (χ4v) is 2.87. The molecule has 0 aromatic rings. The van der Waals surface area contributed by atoms with Gasteiger partial charge in [-0.1, -0.05) is 6.92 Å². The average molecular weight is 298 g/mol. The van der Waals surface area contributed by atoms with Crippen LogP contribution in [0.15, 0.2) is 0 Å². The van der Waals surface area contributed by atoms with Crippen LogP contribution in [0.4, 0.5) is 0 Å². The number of amides is 2. The van der Waals surface area contributed by atoms with Gasteiger partial charge < -0.3 is 19.6 Å². The predicted molar refractivity (Wildman–Crippen MR) is 77.7 cm³/mol. The molecule has 21 heavy (non-hydrogen) atoms. The van der Waals surface area contributed by atoms with Crippen molar-refractivity contribution in [3.8, 4) is 0 Å². The Hall–Kier alpha value is -1.14. The van der Waals surface area contributed by atoms with Crippen molar-refractivity contribution >= 4 is 11.8 Å². The fourth-order valence-electron chi connectivity index (χ4n) is 2.87. The Bertz CT molecular complexity index is 372. The minimum Gasteiger partial charge on any atom is -0.390 e. The summed E-state index contributed by atoms with van der Waals surface area (Å²) >= 11 is 0. The summed E-state index contributed by atoms with van der Waals surface area (Å²) in [6.07, 6.45) is 2.53. The zero-order valence-electron chi connectivity index (χ0n) is 12.8. The van der Waals surface area contributed by atoms with Gasteiger partial charge in [0.1, 0.15) is 0 Å². The molecule has 0 radical (unpaired) electrons. The van der Waals surface area contributed by atoms with E-state index in [4.69, 9.17) is 4.74 Å². The molecule has 2 aliphatic rings. The average Bonchev–Trinajstić information content (AvgIpc) is 2.54. The molecule has 0 spiro atoms. The van der Waals surface area contributed by atoms with E-state index in [9.17, 15) is 14.7 Å². The van der Waals surface area contributed by atoms with Gasteiger partial charge in [0.15, 0.2) is 0 Å². The highest BCUT2D eigenvalue weighted by Crippen LogP contribution is 2.25. The third kappa shape index (κ3) is 4.41. The van der Waals surface area contributed by atoms with Gasteiger partial charge in [-0.3, -0.25) is 9.59 Å². The molecular formula is C15H26N2O4. The molecule has 2 amide bonds. The first-order valence-electron chi connectivity index (χ1n) is 7.90. The standard InChI is InChI=1S/C15H26N2O4/c1-2-15(20)5-7-16(8-6-15)13(18)3-4-14(19)17-9-11-21-12-10-17/h20H,2-12H2,1H3. The third-order valence-electron chi connectivity index (χ3n) is 4.62. The van der Waals surface area contributed by atoms with Gasteiger partial charge in [0, 0.05) is 39.0 Å². The zero-order valence-corrected chi connectivity index (χ0v) is 12.8. The maximum absolute atomic E-state index is 12.1. The molecule has 2 aliphatic heterocycles. The van der Waals surface area contributed by atoms with Crippen molar-refractivity contribution in [2.24, 2.45) is 0 Å². The number of carbonyl (C=O) groups is 2. The Morgan fingerprint density at radius 1 is 1.00 bits per heavy atom.